The first-order chi connectivity index (χ1) is 8.49. The molecule has 4 heteroatoms. The van der Waals surface area contributed by atoms with Crippen LogP contribution in [0.2, 0.25) is 0 Å². The number of ether oxygens (including phenoxy) is 1. The largest absolute Gasteiger partial charge is 0.496 e. The summed E-state index contributed by atoms with van der Waals surface area (Å²) in [6.07, 6.45) is 0. The van der Waals surface area contributed by atoms with Gasteiger partial charge in [-0.15, -0.1) is 0 Å². The molecule has 18 heavy (non-hydrogen) atoms. The number of rotatable bonds is 5. The second-order valence-corrected chi connectivity index (χ2v) is 4.69. The highest BCUT2D eigenvalue weighted by molar-refractivity contribution is 5.94. The average Bonchev–Trinajstić information content (AvgIpc) is 2.34. The van der Waals surface area contributed by atoms with Crippen molar-refractivity contribution in [2.45, 2.75) is 20.8 Å². The molecule has 0 fully saturated rings. The van der Waals surface area contributed by atoms with Crippen molar-refractivity contribution >= 4 is 5.91 Å². The molecule has 1 aromatic rings. The fourth-order valence-corrected chi connectivity index (χ4v) is 1.86. The van der Waals surface area contributed by atoms with Gasteiger partial charge in [0.1, 0.15) is 5.75 Å². The maximum absolute atomic E-state index is 12.0. The van der Waals surface area contributed by atoms with Crippen molar-refractivity contribution < 1.29 is 9.53 Å². The summed E-state index contributed by atoms with van der Waals surface area (Å²) in [5, 5.41) is 2.88. The molecule has 0 saturated carbocycles. The van der Waals surface area contributed by atoms with Crippen molar-refractivity contribution in [2.75, 3.05) is 20.2 Å². The van der Waals surface area contributed by atoms with Crippen molar-refractivity contribution in [1.29, 1.82) is 0 Å². The van der Waals surface area contributed by atoms with E-state index in [9.17, 15) is 4.79 Å². The topological polar surface area (TPSA) is 64.3 Å². The van der Waals surface area contributed by atoms with Crippen LogP contribution in [0.1, 0.15) is 28.4 Å². The van der Waals surface area contributed by atoms with Crippen LogP contribution in [0.5, 0.6) is 5.75 Å². The second kappa shape index (κ2) is 6.40. The summed E-state index contributed by atoms with van der Waals surface area (Å²) >= 11 is 0. The molecule has 1 aromatic carbocycles. The normalized spacial score (nSPS) is 12.1. The van der Waals surface area contributed by atoms with Crippen LogP contribution in [0, 0.1) is 19.8 Å². The van der Waals surface area contributed by atoms with Gasteiger partial charge >= 0.3 is 0 Å². The summed E-state index contributed by atoms with van der Waals surface area (Å²) in [7, 11) is 1.64. The number of carbonyl (C=O) groups excluding carboxylic acids is 1. The molecule has 3 N–H and O–H groups in total. The Balaban J connectivity index is 2.81. The lowest BCUT2D eigenvalue weighted by Gasteiger charge is -2.13. The van der Waals surface area contributed by atoms with Crippen LogP contribution in [0.25, 0.3) is 0 Å². The molecular weight excluding hydrogens is 228 g/mol. The highest BCUT2D eigenvalue weighted by Crippen LogP contribution is 2.24. The van der Waals surface area contributed by atoms with E-state index in [1.807, 2.05) is 32.9 Å². The van der Waals surface area contributed by atoms with Crippen molar-refractivity contribution in [2.24, 2.45) is 11.7 Å². The zero-order valence-electron chi connectivity index (χ0n) is 11.5. The van der Waals surface area contributed by atoms with Gasteiger partial charge in [-0.2, -0.15) is 0 Å². The quantitative estimate of drug-likeness (QED) is 0.835. The number of hydrogen-bond acceptors (Lipinski definition) is 3. The van der Waals surface area contributed by atoms with Crippen molar-refractivity contribution in [3.05, 3.63) is 28.8 Å². The van der Waals surface area contributed by atoms with Gasteiger partial charge in [-0.3, -0.25) is 4.79 Å². The second-order valence-electron chi connectivity index (χ2n) is 4.69. The van der Waals surface area contributed by atoms with Gasteiger partial charge in [0, 0.05) is 12.1 Å². The molecule has 0 aliphatic carbocycles. The number of methoxy groups -OCH3 is 1. The van der Waals surface area contributed by atoms with E-state index < -0.39 is 0 Å². The molecule has 0 aliphatic rings. The first kappa shape index (κ1) is 14.5. The monoisotopic (exact) mass is 250 g/mol. The average molecular weight is 250 g/mol. The summed E-state index contributed by atoms with van der Waals surface area (Å²) in [4.78, 5) is 12.0. The third-order valence-corrected chi connectivity index (χ3v) is 2.94. The summed E-state index contributed by atoms with van der Waals surface area (Å²) < 4.78 is 5.28. The van der Waals surface area contributed by atoms with E-state index in [1.54, 1.807) is 7.11 Å². The van der Waals surface area contributed by atoms with Crippen LogP contribution >= 0.6 is 0 Å². The first-order valence-corrected chi connectivity index (χ1v) is 6.13. The Hall–Kier alpha value is -1.55. The number of nitrogens with one attached hydrogen (secondary N) is 1. The van der Waals surface area contributed by atoms with Gasteiger partial charge in [0.2, 0.25) is 0 Å². The van der Waals surface area contributed by atoms with Crippen LogP contribution in [-0.4, -0.2) is 26.1 Å². The SMILES string of the molecule is COc1c(C)cc(C(=O)NCC(C)CN)cc1C. The summed E-state index contributed by atoms with van der Waals surface area (Å²) in [5.41, 5.74) is 8.11. The Kier molecular flexibility index (Phi) is 5.16. The van der Waals surface area contributed by atoms with E-state index >= 15 is 0 Å². The molecule has 1 unspecified atom stereocenters. The first-order valence-electron chi connectivity index (χ1n) is 6.13. The lowest BCUT2D eigenvalue weighted by atomic mass is 10.0. The molecule has 0 saturated heterocycles. The van der Waals surface area contributed by atoms with Gasteiger partial charge in [0.05, 0.1) is 7.11 Å². The van der Waals surface area contributed by atoms with E-state index in [2.05, 4.69) is 5.32 Å². The third kappa shape index (κ3) is 3.47. The number of aryl methyl sites for hydroxylation is 2. The number of hydrogen-bond donors (Lipinski definition) is 2. The summed E-state index contributed by atoms with van der Waals surface area (Å²) in [6.45, 7) is 7.04. The van der Waals surface area contributed by atoms with Gasteiger partial charge in [0.25, 0.3) is 5.91 Å². The van der Waals surface area contributed by atoms with E-state index in [1.165, 1.54) is 0 Å². The maximum Gasteiger partial charge on any atom is 0.251 e. The molecule has 0 bridgehead atoms. The number of amides is 1. The minimum atomic E-state index is -0.0656. The predicted molar refractivity (Wildman–Crippen MR) is 73.0 cm³/mol. The molecule has 0 heterocycles. The fourth-order valence-electron chi connectivity index (χ4n) is 1.86. The summed E-state index contributed by atoms with van der Waals surface area (Å²) in [5.74, 6) is 1.06. The van der Waals surface area contributed by atoms with Crippen molar-refractivity contribution in [3.63, 3.8) is 0 Å². The predicted octanol–water partition coefficient (Wildman–Crippen LogP) is 1.64. The lowest BCUT2D eigenvalue weighted by Crippen LogP contribution is -2.31. The smallest absolute Gasteiger partial charge is 0.251 e. The zero-order valence-corrected chi connectivity index (χ0v) is 11.5. The Morgan fingerprint density at radius 3 is 2.39 bits per heavy atom. The molecule has 1 rings (SSSR count). The zero-order chi connectivity index (χ0) is 13.7. The fraction of sp³-hybridized carbons (Fsp3) is 0.500. The van der Waals surface area contributed by atoms with Gasteiger partial charge in [0.15, 0.2) is 0 Å². The van der Waals surface area contributed by atoms with Crippen molar-refractivity contribution in [3.8, 4) is 5.75 Å². The van der Waals surface area contributed by atoms with Crippen LogP contribution in [0.15, 0.2) is 12.1 Å². The lowest BCUT2D eigenvalue weighted by molar-refractivity contribution is 0.0948. The molecule has 1 atom stereocenters. The molecule has 1 amide bonds. The highest BCUT2D eigenvalue weighted by atomic mass is 16.5. The minimum Gasteiger partial charge on any atom is -0.496 e. The number of nitrogens with two attached hydrogens (primary N) is 1. The molecule has 0 radical (unpaired) electrons. The Morgan fingerprint density at radius 2 is 1.94 bits per heavy atom. The third-order valence-electron chi connectivity index (χ3n) is 2.94. The van der Waals surface area contributed by atoms with Gasteiger partial charge in [-0.05, 0) is 49.6 Å². The molecule has 4 nitrogen and oxygen atoms in total. The standard InChI is InChI=1S/C14H22N2O2/c1-9(7-15)8-16-14(17)12-5-10(2)13(18-4)11(3)6-12/h5-6,9H,7-8,15H2,1-4H3,(H,16,17). The van der Waals surface area contributed by atoms with Crippen LogP contribution in [0.3, 0.4) is 0 Å². The molecule has 0 spiro atoms. The van der Waals surface area contributed by atoms with Gasteiger partial charge < -0.3 is 15.8 Å². The Labute approximate surface area is 109 Å². The van der Waals surface area contributed by atoms with Gasteiger partial charge in [-0.25, -0.2) is 0 Å². The van der Waals surface area contributed by atoms with Crippen molar-refractivity contribution in [1.82, 2.24) is 5.32 Å². The molecule has 0 aliphatic heterocycles. The van der Waals surface area contributed by atoms with Crippen LogP contribution < -0.4 is 15.8 Å². The summed E-state index contributed by atoms with van der Waals surface area (Å²) in [6, 6.07) is 3.68. The van der Waals surface area contributed by atoms with Crippen LogP contribution in [0.4, 0.5) is 0 Å². The van der Waals surface area contributed by atoms with E-state index in [0.717, 1.165) is 16.9 Å². The van der Waals surface area contributed by atoms with Gasteiger partial charge in [-0.1, -0.05) is 6.92 Å². The maximum atomic E-state index is 12.0. The Morgan fingerprint density at radius 1 is 1.39 bits per heavy atom. The van der Waals surface area contributed by atoms with E-state index in [4.69, 9.17) is 10.5 Å². The minimum absolute atomic E-state index is 0.0656. The highest BCUT2D eigenvalue weighted by Gasteiger charge is 2.11. The number of carbonyl (C=O) groups is 1. The molecule has 100 valence electrons. The molecular formula is C14H22N2O2. The van der Waals surface area contributed by atoms with Crippen LogP contribution in [-0.2, 0) is 0 Å². The number of benzene rings is 1. The Bertz CT molecular complexity index is 407. The van der Waals surface area contributed by atoms with E-state index in [0.29, 0.717) is 18.7 Å². The van der Waals surface area contributed by atoms with E-state index in [-0.39, 0.29) is 11.8 Å². The molecule has 0 aromatic heterocycles.